The number of nitrogens with zero attached hydrogens (tertiary/aromatic N) is 3. The number of aromatic nitrogens is 1. The van der Waals surface area contributed by atoms with Gasteiger partial charge in [0.2, 0.25) is 0 Å². The number of hydrogen-bond acceptors (Lipinski definition) is 4. The normalized spacial score (nSPS) is 16.0. The Labute approximate surface area is 141 Å². The third-order valence-corrected chi connectivity index (χ3v) is 4.85. The van der Waals surface area contributed by atoms with Gasteiger partial charge in [-0.15, -0.1) is 0 Å². The first kappa shape index (κ1) is 16.5. The average Bonchev–Trinajstić information content (AvgIpc) is 2.40. The molecule has 0 aromatic carbocycles. The van der Waals surface area contributed by atoms with Gasteiger partial charge in [-0.3, -0.25) is 0 Å². The van der Waals surface area contributed by atoms with Gasteiger partial charge in [0, 0.05) is 26.2 Å². The topological polar surface area (TPSA) is 45.7 Å². The molecule has 0 spiro atoms. The molecule has 2 heterocycles. The zero-order chi connectivity index (χ0) is 15.6. The first-order valence-corrected chi connectivity index (χ1v) is 8.39. The molecule has 0 atom stereocenters. The van der Waals surface area contributed by atoms with Crippen molar-refractivity contribution in [1.29, 1.82) is 0 Å². The number of anilines is 1. The second-order valence-corrected chi connectivity index (χ2v) is 7.53. The van der Waals surface area contributed by atoms with Crippen LogP contribution in [0.25, 0.3) is 0 Å². The summed E-state index contributed by atoms with van der Waals surface area (Å²) < 4.78 is 7.11. The van der Waals surface area contributed by atoms with Crippen molar-refractivity contribution in [2.75, 3.05) is 31.1 Å². The number of halogens is 2. The number of amides is 1. The Kier molecular flexibility index (Phi) is 5.14. The maximum Gasteiger partial charge on any atom is 0.410 e. The number of carbonyl (C=O) groups is 1. The van der Waals surface area contributed by atoms with Gasteiger partial charge in [0.1, 0.15) is 10.2 Å². The van der Waals surface area contributed by atoms with E-state index in [1.165, 1.54) is 0 Å². The van der Waals surface area contributed by atoms with Crippen LogP contribution in [0.2, 0.25) is 0 Å². The van der Waals surface area contributed by atoms with Crippen molar-refractivity contribution in [2.45, 2.75) is 26.4 Å². The summed E-state index contributed by atoms with van der Waals surface area (Å²) in [5.41, 5.74) is 0.600. The van der Waals surface area contributed by atoms with Crippen molar-refractivity contribution in [3.63, 3.8) is 0 Å². The highest BCUT2D eigenvalue weighted by atomic mass is 79.9. The van der Waals surface area contributed by atoms with Crippen LogP contribution < -0.4 is 4.90 Å². The Hall–Kier alpha value is -0.820. The lowest BCUT2D eigenvalue weighted by Gasteiger charge is -2.36. The Morgan fingerprint density at radius 1 is 1.24 bits per heavy atom. The summed E-state index contributed by atoms with van der Waals surface area (Å²) in [7, 11) is 0. The molecule has 1 fully saturated rings. The van der Waals surface area contributed by atoms with Crippen LogP contribution in [0.5, 0.6) is 0 Å². The molecule has 5 nitrogen and oxygen atoms in total. The van der Waals surface area contributed by atoms with Crippen molar-refractivity contribution in [2.24, 2.45) is 0 Å². The number of hydrogen-bond donors (Lipinski definition) is 0. The molecule has 2 rings (SSSR count). The van der Waals surface area contributed by atoms with Gasteiger partial charge in [-0.05, 0) is 58.7 Å². The molecule has 0 aliphatic carbocycles. The van der Waals surface area contributed by atoms with Crippen LogP contribution >= 0.6 is 31.9 Å². The minimum absolute atomic E-state index is 0.239. The first-order chi connectivity index (χ1) is 9.76. The van der Waals surface area contributed by atoms with E-state index in [0.717, 1.165) is 27.9 Å². The molecule has 7 heteroatoms. The lowest BCUT2D eigenvalue weighted by molar-refractivity contribution is 0.0240. The monoisotopic (exact) mass is 419 g/mol. The highest BCUT2D eigenvalue weighted by Crippen LogP contribution is 2.26. The highest BCUT2D eigenvalue weighted by Gasteiger charge is 2.26. The third-order valence-electron chi connectivity index (χ3n) is 3.08. The van der Waals surface area contributed by atoms with E-state index < -0.39 is 5.60 Å². The molecule has 0 bridgehead atoms. The second kappa shape index (κ2) is 6.52. The zero-order valence-corrected chi connectivity index (χ0v) is 15.6. The molecule has 1 saturated heterocycles. The average molecular weight is 421 g/mol. The molecule has 1 aromatic heterocycles. The summed E-state index contributed by atoms with van der Waals surface area (Å²) in [6, 6.07) is 2.03. The molecule has 1 aliphatic rings. The van der Waals surface area contributed by atoms with Gasteiger partial charge in [-0.1, -0.05) is 0 Å². The van der Waals surface area contributed by atoms with Gasteiger partial charge < -0.3 is 14.5 Å². The van der Waals surface area contributed by atoms with Gasteiger partial charge in [0.15, 0.2) is 0 Å². The molecule has 1 aliphatic heterocycles. The van der Waals surface area contributed by atoms with Crippen molar-refractivity contribution >= 4 is 43.6 Å². The van der Waals surface area contributed by atoms with Crippen molar-refractivity contribution in [3.05, 3.63) is 21.3 Å². The predicted molar refractivity (Wildman–Crippen MR) is 89.7 cm³/mol. The van der Waals surface area contributed by atoms with E-state index >= 15 is 0 Å². The predicted octanol–water partition coefficient (Wildman–Crippen LogP) is 3.66. The number of pyridine rings is 1. The summed E-state index contributed by atoms with van der Waals surface area (Å²) >= 11 is 6.82. The summed E-state index contributed by atoms with van der Waals surface area (Å²) in [5, 5.41) is 0. The smallest absolute Gasteiger partial charge is 0.410 e. The summed E-state index contributed by atoms with van der Waals surface area (Å²) in [5.74, 6) is 0. The Morgan fingerprint density at radius 2 is 1.86 bits per heavy atom. The van der Waals surface area contributed by atoms with Crippen molar-refractivity contribution in [1.82, 2.24) is 9.88 Å². The standard InChI is InChI=1S/C14H19Br2N3O2/c1-14(2,3)21-13(20)19-6-4-18(5-7-19)10-8-11(15)12(16)17-9-10/h8-9H,4-7H2,1-3H3. The molecule has 0 radical (unpaired) electrons. The van der Waals surface area contributed by atoms with E-state index in [9.17, 15) is 4.79 Å². The highest BCUT2D eigenvalue weighted by molar-refractivity contribution is 9.13. The number of ether oxygens (including phenoxy) is 1. The summed E-state index contributed by atoms with van der Waals surface area (Å²) in [6.45, 7) is 8.50. The van der Waals surface area contributed by atoms with Crippen LogP contribution in [-0.2, 0) is 4.74 Å². The fourth-order valence-electron chi connectivity index (χ4n) is 2.06. The molecule has 0 N–H and O–H groups in total. The maximum absolute atomic E-state index is 12.0. The molecular weight excluding hydrogens is 402 g/mol. The molecule has 0 saturated carbocycles. The quantitative estimate of drug-likeness (QED) is 0.650. The van der Waals surface area contributed by atoms with Gasteiger partial charge >= 0.3 is 6.09 Å². The van der Waals surface area contributed by atoms with Gasteiger partial charge in [-0.25, -0.2) is 9.78 Å². The van der Waals surface area contributed by atoms with Crippen LogP contribution in [0.4, 0.5) is 10.5 Å². The molecule has 21 heavy (non-hydrogen) atoms. The number of piperazine rings is 1. The maximum atomic E-state index is 12.0. The van der Waals surface area contributed by atoms with Crippen molar-refractivity contribution in [3.8, 4) is 0 Å². The van der Waals surface area contributed by atoms with E-state index in [1.807, 2.05) is 33.0 Å². The van der Waals surface area contributed by atoms with E-state index in [2.05, 4.69) is 41.7 Å². The zero-order valence-electron chi connectivity index (χ0n) is 12.4. The van der Waals surface area contributed by atoms with Crippen LogP contribution in [-0.4, -0.2) is 47.8 Å². The molecule has 0 unspecified atom stereocenters. The molecule has 1 aromatic rings. The first-order valence-electron chi connectivity index (χ1n) is 6.80. The van der Waals surface area contributed by atoms with E-state index in [4.69, 9.17) is 4.74 Å². The van der Waals surface area contributed by atoms with Crippen LogP contribution in [0, 0.1) is 0 Å². The van der Waals surface area contributed by atoms with Crippen LogP contribution in [0.15, 0.2) is 21.3 Å². The van der Waals surface area contributed by atoms with E-state index in [0.29, 0.717) is 13.1 Å². The SMILES string of the molecule is CC(C)(C)OC(=O)N1CCN(c2cnc(Br)c(Br)c2)CC1. The van der Waals surface area contributed by atoms with Crippen LogP contribution in [0.3, 0.4) is 0 Å². The van der Waals surface area contributed by atoms with E-state index in [1.54, 1.807) is 4.90 Å². The van der Waals surface area contributed by atoms with Gasteiger partial charge in [0.05, 0.1) is 16.4 Å². The minimum Gasteiger partial charge on any atom is -0.444 e. The molecular formula is C14H19Br2N3O2. The number of carbonyl (C=O) groups excluding carboxylic acids is 1. The van der Waals surface area contributed by atoms with Crippen molar-refractivity contribution < 1.29 is 9.53 Å². The van der Waals surface area contributed by atoms with Gasteiger partial charge in [0.25, 0.3) is 0 Å². The minimum atomic E-state index is -0.450. The van der Waals surface area contributed by atoms with Crippen LogP contribution in [0.1, 0.15) is 20.8 Å². The molecule has 1 amide bonds. The largest absolute Gasteiger partial charge is 0.444 e. The fraction of sp³-hybridized carbons (Fsp3) is 0.571. The Bertz CT molecular complexity index is 523. The third kappa shape index (κ3) is 4.57. The summed E-state index contributed by atoms with van der Waals surface area (Å²) in [6.07, 6.45) is 1.59. The Balaban J connectivity index is 1.94. The lowest BCUT2D eigenvalue weighted by atomic mass is 10.2. The second-order valence-electron chi connectivity index (χ2n) is 5.92. The molecule has 116 valence electrons. The van der Waals surface area contributed by atoms with E-state index in [-0.39, 0.29) is 6.09 Å². The summed E-state index contributed by atoms with van der Waals surface area (Å²) in [4.78, 5) is 20.3. The fourth-order valence-corrected chi connectivity index (χ4v) is 2.61. The Morgan fingerprint density at radius 3 is 2.38 bits per heavy atom. The number of rotatable bonds is 1. The van der Waals surface area contributed by atoms with Gasteiger partial charge in [-0.2, -0.15) is 0 Å². The lowest BCUT2D eigenvalue weighted by Crippen LogP contribution is -2.50.